The van der Waals surface area contributed by atoms with Gasteiger partial charge in [0.1, 0.15) is 11.4 Å². The molecule has 1 heterocycles. The van der Waals surface area contributed by atoms with Crippen LogP contribution in [0.1, 0.15) is 47.5 Å². The molecule has 4 nitrogen and oxygen atoms in total. The summed E-state index contributed by atoms with van der Waals surface area (Å²) in [7, 11) is 0. The molecule has 0 aliphatic carbocycles. The van der Waals surface area contributed by atoms with E-state index >= 15 is 0 Å². The molecule has 25 heavy (non-hydrogen) atoms. The zero-order chi connectivity index (χ0) is 18.9. The van der Waals surface area contributed by atoms with Crippen LogP contribution in [0.4, 0.5) is 9.18 Å². The molecule has 0 spiro atoms. The SMILES string of the molecule is CC(C)(C)OC(=O)N1CCC(O)(C(C)(C)Sc2cccc(F)c2)CC1. The molecule has 1 aliphatic heterocycles. The van der Waals surface area contributed by atoms with Crippen LogP contribution >= 0.6 is 11.8 Å². The lowest BCUT2D eigenvalue weighted by Crippen LogP contribution is -2.56. The van der Waals surface area contributed by atoms with Crippen LogP contribution in [-0.4, -0.2) is 45.1 Å². The van der Waals surface area contributed by atoms with Crippen LogP contribution in [0.3, 0.4) is 0 Å². The number of nitrogens with zero attached hydrogens (tertiary/aromatic N) is 1. The van der Waals surface area contributed by atoms with Gasteiger partial charge in [-0.05, 0) is 65.7 Å². The summed E-state index contributed by atoms with van der Waals surface area (Å²) >= 11 is 1.46. The molecule has 0 atom stereocenters. The van der Waals surface area contributed by atoms with Gasteiger partial charge in [-0.25, -0.2) is 9.18 Å². The molecule has 1 amide bonds. The molecule has 6 heteroatoms. The Morgan fingerprint density at radius 2 is 1.84 bits per heavy atom. The second-order valence-electron chi connectivity index (χ2n) is 8.07. The topological polar surface area (TPSA) is 49.8 Å². The maximum atomic E-state index is 13.4. The van der Waals surface area contributed by atoms with Crippen molar-refractivity contribution in [2.24, 2.45) is 0 Å². The Labute approximate surface area is 153 Å². The van der Waals surface area contributed by atoms with Gasteiger partial charge in [0.05, 0.1) is 5.60 Å². The van der Waals surface area contributed by atoms with Crippen molar-refractivity contribution < 1.29 is 19.0 Å². The summed E-state index contributed by atoms with van der Waals surface area (Å²) in [5, 5.41) is 11.2. The molecule has 1 aromatic carbocycles. The molecular formula is C19H28FNO3S. The third kappa shape index (κ3) is 5.11. The van der Waals surface area contributed by atoms with Gasteiger partial charge in [0, 0.05) is 22.7 Å². The van der Waals surface area contributed by atoms with E-state index in [1.54, 1.807) is 11.0 Å². The molecule has 0 saturated carbocycles. The minimum absolute atomic E-state index is 0.285. The number of thioether (sulfide) groups is 1. The fourth-order valence-electron chi connectivity index (χ4n) is 2.91. The van der Waals surface area contributed by atoms with Crippen LogP contribution in [0.2, 0.25) is 0 Å². The average Bonchev–Trinajstić information content (AvgIpc) is 2.45. The van der Waals surface area contributed by atoms with Gasteiger partial charge in [-0.3, -0.25) is 0 Å². The number of likely N-dealkylation sites (tertiary alicyclic amines) is 1. The van der Waals surface area contributed by atoms with Gasteiger partial charge in [-0.2, -0.15) is 0 Å². The summed E-state index contributed by atoms with van der Waals surface area (Å²) in [6.07, 6.45) is 0.577. The van der Waals surface area contributed by atoms with E-state index in [1.165, 1.54) is 23.9 Å². The average molecular weight is 370 g/mol. The number of amides is 1. The van der Waals surface area contributed by atoms with E-state index in [0.29, 0.717) is 25.9 Å². The van der Waals surface area contributed by atoms with Crippen LogP contribution in [0.5, 0.6) is 0 Å². The number of rotatable bonds is 3. The summed E-state index contributed by atoms with van der Waals surface area (Å²) in [5.74, 6) is -0.285. The largest absolute Gasteiger partial charge is 0.444 e. The molecule has 1 aromatic rings. The van der Waals surface area contributed by atoms with E-state index < -0.39 is 15.9 Å². The first-order valence-electron chi connectivity index (χ1n) is 8.57. The molecule has 1 aliphatic rings. The number of benzene rings is 1. The first kappa shape index (κ1) is 20.0. The summed E-state index contributed by atoms with van der Waals surface area (Å²) < 4.78 is 18.3. The predicted octanol–water partition coefficient (Wildman–Crippen LogP) is 4.46. The van der Waals surface area contributed by atoms with E-state index in [-0.39, 0.29) is 11.9 Å². The molecule has 2 rings (SSSR count). The number of carbonyl (C=O) groups excluding carboxylic acids is 1. The van der Waals surface area contributed by atoms with E-state index in [0.717, 1.165) is 4.90 Å². The molecule has 0 radical (unpaired) electrons. The van der Waals surface area contributed by atoms with Crippen molar-refractivity contribution in [1.29, 1.82) is 0 Å². The zero-order valence-corrected chi connectivity index (χ0v) is 16.5. The Kier molecular flexibility index (Phi) is 5.74. The minimum Gasteiger partial charge on any atom is -0.444 e. The van der Waals surface area contributed by atoms with Crippen LogP contribution in [0.15, 0.2) is 29.2 Å². The lowest BCUT2D eigenvalue weighted by molar-refractivity contribution is -0.0490. The predicted molar refractivity (Wildman–Crippen MR) is 98.3 cm³/mol. The van der Waals surface area contributed by atoms with Gasteiger partial charge in [0.25, 0.3) is 0 Å². The number of hydrogen-bond acceptors (Lipinski definition) is 4. The number of carbonyl (C=O) groups is 1. The molecule has 0 aromatic heterocycles. The second kappa shape index (κ2) is 7.16. The Morgan fingerprint density at radius 3 is 2.36 bits per heavy atom. The standard InChI is InChI=1S/C19H28FNO3S/c1-17(2,3)24-16(22)21-11-9-19(23,10-12-21)18(4,5)25-15-8-6-7-14(20)13-15/h6-8,13,23H,9-12H2,1-5H3. The summed E-state index contributed by atoms with van der Waals surface area (Å²) in [4.78, 5) is 14.6. The quantitative estimate of drug-likeness (QED) is 0.799. The van der Waals surface area contributed by atoms with Crippen molar-refractivity contribution in [2.75, 3.05) is 13.1 Å². The molecule has 1 fully saturated rings. The number of aliphatic hydroxyl groups is 1. The van der Waals surface area contributed by atoms with E-state index in [2.05, 4.69) is 0 Å². The lowest BCUT2D eigenvalue weighted by Gasteiger charge is -2.47. The van der Waals surface area contributed by atoms with Crippen molar-refractivity contribution in [3.63, 3.8) is 0 Å². The Bertz CT molecular complexity index is 619. The normalized spacial score (nSPS) is 18.1. The van der Waals surface area contributed by atoms with Crippen LogP contribution in [0, 0.1) is 5.82 Å². The highest BCUT2D eigenvalue weighted by molar-refractivity contribution is 8.00. The van der Waals surface area contributed by atoms with Crippen molar-refractivity contribution in [1.82, 2.24) is 4.90 Å². The van der Waals surface area contributed by atoms with Gasteiger partial charge in [-0.15, -0.1) is 11.8 Å². The van der Waals surface area contributed by atoms with Crippen molar-refractivity contribution in [3.8, 4) is 0 Å². The van der Waals surface area contributed by atoms with Gasteiger partial charge >= 0.3 is 6.09 Å². The smallest absolute Gasteiger partial charge is 0.410 e. The number of hydrogen-bond donors (Lipinski definition) is 1. The van der Waals surface area contributed by atoms with Crippen molar-refractivity contribution in [3.05, 3.63) is 30.1 Å². The second-order valence-corrected chi connectivity index (χ2v) is 9.76. The van der Waals surface area contributed by atoms with E-state index in [4.69, 9.17) is 4.74 Å². The van der Waals surface area contributed by atoms with Gasteiger partial charge in [0.2, 0.25) is 0 Å². The number of piperidine rings is 1. The lowest BCUT2D eigenvalue weighted by atomic mass is 9.81. The highest BCUT2D eigenvalue weighted by Crippen LogP contribution is 2.45. The highest BCUT2D eigenvalue weighted by atomic mass is 32.2. The first-order chi connectivity index (χ1) is 11.4. The van der Waals surface area contributed by atoms with E-state index in [9.17, 15) is 14.3 Å². The van der Waals surface area contributed by atoms with Gasteiger partial charge < -0.3 is 14.7 Å². The fraction of sp³-hybridized carbons (Fsp3) is 0.632. The third-order valence-electron chi connectivity index (χ3n) is 4.53. The Hall–Kier alpha value is -1.27. The molecule has 1 N–H and O–H groups in total. The van der Waals surface area contributed by atoms with Gasteiger partial charge in [0.15, 0.2) is 0 Å². The molecule has 0 bridgehead atoms. The summed E-state index contributed by atoms with van der Waals surface area (Å²) in [6.45, 7) is 10.3. The Morgan fingerprint density at radius 1 is 1.24 bits per heavy atom. The minimum atomic E-state index is -0.942. The van der Waals surface area contributed by atoms with Crippen molar-refractivity contribution >= 4 is 17.9 Å². The van der Waals surface area contributed by atoms with Crippen LogP contribution in [-0.2, 0) is 4.74 Å². The monoisotopic (exact) mass is 369 g/mol. The van der Waals surface area contributed by atoms with Crippen LogP contribution in [0.25, 0.3) is 0 Å². The zero-order valence-electron chi connectivity index (χ0n) is 15.6. The summed E-state index contributed by atoms with van der Waals surface area (Å²) in [6, 6.07) is 6.40. The van der Waals surface area contributed by atoms with Crippen molar-refractivity contribution in [2.45, 2.75) is 68.3 Å². The third-order valence-corrected chi connectivity index (χ3v) is 5.91. The molecule has 140 valence electrons. The number of ether oxygens (including phenoxy) is 1. The number of halogens is 1. The van der Waals surface area contributed by atoms with Gasteiger partial charge in [-0.1, -0.05) is 6.07 Å². The molecule has 0 unspecified atom stereocenters. The maximum absolute atomic E-state index is 13.4. The summed E-state index contributed by atoms with van der Waals surface area (Å²) in [5.41, 5.74) is -1.47. The highest BCUT2D eigenvalue weighted by Gasteiger charge is 2.47. The first-order valence-corrected chi connectivity index (χ1v) is 9.38. The van der Waals surface area contributed by atoms with Crippen LogP contribution < -0.4 is 0 Å². The fourth-order valence-corrected chi connectivity index (χ4v) is 4.21. The molecular weight excluding hydrogens is 341 g/mol. The Balaban J connectivity index is 2.01. The van der Waals surface area contributed by atoms with E-state index in [1.807, 2.05) is 40.7 Å². The molecule has 1 saturated heterocycles. The maximum Gasteiger partial charge on any atom is 0.410 e.